The maximum Gasteiger partial charge on any atom is 0.200 e. The molecule has 0 radical (unpaired) electrons. The number of carbonyl (C=O) groups is 1. The second-order valence-electron chi connectivity index (χ2n) is 5.88. The standard InChI is InChI=1S/C21H15ClO2/c22-17-5-3-6-18(12-17)24-13-21(23)16-9-8-15-10-14-4-1-2-7-19(14)20(15)11-16/h1-9,11-12H,10,13H2. The van der Waals surface area contributed by atoms with E-state index in [4.69, 9.17) is 16.3 Å². The Morgan fingerprint density at radius 2 is 1.75 bits per heavy atom. The summed E-state index contributed by atoms with van der Waals surface area (Å²) >= 11 is 5.92. The summed E-state index contributed by atoms with van der Waals surface area (Å²) in [5, 5.41) is 0.592. The van der Waals surface area contributed by atoms with E-state index in [1.54, 1.807) is 24.3 Å². The lowest BCUT2D eigenvalue weighted by atomic mass is 10.0. The number of ketones is 1. The highest BCUT2D eigenvalue weighted by Gasteiger charge is 2.19. The average molecular weight is 335 g/mol. The predicted molar refractivity (Wildman–Crippen MR) is 96.0 cm³/mol. The molecule has 118 valence electrons. The molecule has 0 heterocycles. The van der Waals surface area contributed by atoms with Gasteiger partial charge >= 0.3 is 0 Å². The van der Waals surface area contributed by atoms with Crippen molar-refractivity contribution in [3.8, 4) is 16.9 Å². The van der Waals surface area contributed by atoms with Gasteiger partial charge in [-0.3, -0.25) is 4.79 Å². The summed E-state index contributed by atoms with van der Waals surface area (Å²) in [7, 11) is 0. The Balaban J connectivity index is 1.54. The van der Waals surface area contributed by atoms with Crippen LogP contribution in [0.5, 0.6) is 5.75 Å². The zero-order valence-corrected chi connectivity index (χ0v) is 13.7. The Morgan fingerprint density at radius 1 is 0.917 bits per heavy atom. The zero-order chi connectivity index (χ0) is 16.5. The van der Waals surface area contributed by atoms with Gasteiger partial charge < -0.3 is 4.74 Å². The summed E-state index contributed by atoms with van der Waals surface area (Å²) in [4.78, 5) is 12.5. The summed E-state index contributed by atoms with van der Waals surface area (Å²) in [6.07, 6.45) is 0.930. The lowest BCUT2D eigenvalue weighted by Gasteiger charge is -2.08. The minimum absolute atomic E-state index is 0.000770. The first kappa shape index (κ1) is 15.0. The van der Waals surface area contributed by atoms with Crippen molar-refractivity contribution in [2.75, 3.05) is 6.61 Å². The van der Waals surface area contributed by atoms with Crippen LogP contribution in [0, 0.1) is 0 Å². The van der Waals surface area contributed by atoms with E-state index in [9.17, 15) is 4.79 Å². The molecule has 0 saturated carbocycles. The van der Waals surface area contributed by atoms with Crippen molar-refractivity contribution in [1.29, 1.82) is 0 Å². The minimum atomic E-state index is -0.0397. The van der Waals surface area contributed by atoms with Gasteiger partial charge in [-0.05, 0) is 52.9 Å². The average Bonchev–Trinajstić information content (AvgIpc) is 2.97. The molecule has 0 aromatic heterocycles. The van der Waals surface area contributed by atoms with Gasteiger partial charge in [-0.25, -0.2) is 0 Å². The van der Waals surface area contributed by atoms with Crippen LogP contribution in [-0.2, 0) is 6.42 Å². The van der Waals surface area contributed by atoms with E-state index in [0.717, 1.165) is 12.0 Å². The Hall–Kier alpha value is -2.58. The first-order valence-electron chi connectivity index (χ1n) is 7.83. The van der Waals surface area contributed by atoms with Gasteiger partial charge in [-0.15, -0.1) is 0 Å². The van der Waals surface area contributed by atoms with Crippen LogP contribution >= 0.6 is 11.6 Å². The van der Waals surface area contributed by atoms with Crippen molar-refractivity contribution < 1.29 is 9.53 Å². The molecule has 0 aliphatic heterocycles. The van der Waals surface area contributed by atoms with E-state index in [1.165, 1.54) is 16.7 Å². The van der Waals surface area contributed by atoms with Crippen LogP contribution in [0.25, 0.3) is 11.1 Å². The first-order chi connectivity index (χ1) is 11.7. The number of hydrogen-bond acceptors (Lipinski definition) is 2. The zero-order valence-electron chi connectivity index (χ0n) is 13.0. The Labute approximate surface area is 145 Å². The van der Waals surface area contributed by atoms with Gasteiger partial charge in [-0.2, -0.15) is 0 Å². The highest BCUT2D eigenvalue weighted by atomic mass is 35.5. The lowest BCUT2D eigenvalue weighted by Crippen LogP contribution is -2.11. The van der Waals surface area contributed by atoms with Crippen LogP contribution in [0.1, 0.15) is 21.5 Å². The summed E-state index contributed by atoms with van der Waals surface area (Å²) in [5.74, 6) is 0.560. The fraction of sp³-hybridized carbons (Fsp3) is 0.0952. The number of Topliss-reactive ketones (excluding diaryl/α,β-unsaturated/α-hetero) is 1. The third-order valence-electron chi connectivity index (χ3n) is 4.29. The molecule has 3 heteroatoms. The molecule has 1 aliphatic rings. The van der Waals surface area contributed by atoms with Crippen molar-refractivity contribution in [1.82, 2.24) is 0 Å². The number of benzene rings is 3. The SMILES string of the molecule is O=C(COc1cccc(Cl)c1)c1ccc2c(c1)-c1ccccc1C2. The molecule has 0 bridgehead atoms. The molecule has 4 rings (SSSR count). The van der Waals surface area contributed by atoms with Gasteiger partial charge in [0.1, 0.15) is 5.75 Å². The summed E-state index contributed by atoms with van der Waals surface area (Å²) in [6, 6.07) is 21.3. The Kier molecular flexibility index (Phi) is 3.83. The number of carbonyl (C=O) groups excluding carboxylic acids is 1. The number of fused-ring (bicyclic) bond motifs is 3. The predicted octanol–water partition coefficient (Wildman–Crippen LogP) is 5.17. The monoisotopic (exact) mass is 334 g/mol. The van der Waals surface area contributed by atoms with Crippen LogP contribution < -0.4 is 4.74 Å². The van der Waals surface area contributed by atoms with Crippen LogP contribution in [0.15, 0.2) is 66.7 Å². The van der Waals surface area contributed by atoms with E-state index < -0.39 is 0 Å². The van der Waals surface area contributed by atoms with Crippen molar-refractivity contribution in [2.24, 2.45) is 0 Å². The maximum atomic E-state index is 12.5. The van der Waals surface area contributed by atoms with Crippen LogP contribution in [0.4, 0.5) is 0 Å². The molecule has 0 saturated heterocycles. The van der Waals surface area contributed by atoms with E-state index in [2.05, 4.69) is 18.2 Å². The van der Waals surface area contributed by atoms with Crippen molar-refractivity contribution in [3.63, 3.8) is 0 Å². The molecule has 0 amide bonds. The topological polar surface area (TPSA) is 26.3 Å². The molecule has 0 spiro atoms. The normalized spacial score (nSPS) is 11.7. The summed E-state index contributed by atoms with van der Waals surface area (Å²) in [5.41, 5.74) is 5.63. The third kappa shape index (κ3) is 2.81. The van der Waals surface area contributed by atoms with E-state index in [1.807, 2.05) is 24.3 Å². The van der Waals surface area contributed by atoms with Gasteiger partial charge in [0.2, 0.25) is 0 Å². The highest BCUT2D eigenvalue weighted by Crippen LogP contribution is 2.36. The summed E-state index contributed by atoms with van der Waals surface area (Å²) < 4.78 is 5.56. The fourth-order valence-corrected chi connectivity index (χ4v) is 3.27. The summed E-state index contributed by atoms with van der Waals surface area (Å²) in [6.45, 7) is 0.000770. The number of ether oxygens (including phenoxy) is 1. The van der Waals surface area contributed by atoms with Gasteiger partial charge in [0, 0.05) is 10.6 Å². The number of hydrogen-bond donors (Lipinski definition) is 0. The van der Waals surface area contributed by atoms with Crippen molar-refractivity contribution in [3.05, 3.63) is 88.4 Å². The molecule has 0 unspecified atom stereocenters. The van der Waals surface area contributed by atoms with Gasteiger partial charge in [-0.1, -0.05) is 54.1 Å². The number of rotatable bonds is 4. The van der Waals surface area contributed by atoms with E-state index in [-0.39, 0.29) is 12.4 Å². The fourth-order valence-electron chi connectivity index (χ4n) is 3.09. The van der Waals surface area contributed by atoms with Crippen LogP contribution in [0.2, 0.25) is 5.02 Å². The minimum Gasteiger partial charge on any atom is -0.485 e. The van der Waals surface area contributed by atoms with E-state index in [0.29, 0.717) is 16.3 Å². The van der Waals surface area contributed by atoms with Gasteiger partial charge in [0.05, 0.1) is 0 Å². The van der Waals surface area contributed by atoms with Gasteiger partial charge in [0.15, 0.2) is 12.4 Å². The molecule has 0 fully saturated rings. The molecule has 24 heavy (non-hydrogen) atoms. The van der Waals surface area contributed by atoms with Crippen LogP contribution in [0.3, 0.4) is 0 Å². The lowest BCUT2D eigenvalue weighted by molar-refractivity contribution is 0.0921. The maximum absolute atomic E-state index is 12.5. The molecule has 2 nitrogen and oxygen atoms in total. The highest BCUT2D eigenvalue weighted by molar-refractivity contribution is 6.30. The van der Waals surface area contributed by atoms with Crippen molar-refractivity contribution >= 4 is 17.4 Å². The largest absolute Gasteiger partial charge is 0.485 e. The second-order valence-corrected chi connectivity index (χ2v) is 6.31. The quantitative estimate of drug-likeness (QED) is 0.481. The van der Waals surface area contributed by atoms with Crippen molar-refractivity contribution in [2.45, 2.75) is 6.42 Å². The van der Waals surface area contributed by atoms with Crippen LogP contribution in [-0.4, -0.2) is 12.4 Å². The smallest absolute Gasteiger partial charge is 0.200 e. The molecule has 3 aromatic carbocycles. The first-order valence-corrected chi connectivity index (χ1v) is 8.21. The third-order valence-corrected chi connectivity index (χ3v) is 4.52. The Morgan fingerprint density at radius 3 is 2.62 bits per heavy atom. The number of halogens is 1. The molecule has 0 atom stereocenters. The van der Waals surface area contributed by atoms with Gasteiger partial charge in [0.25, 0.3) is 0 Å². The molecule has 0 N–H and O–H groups in total. The second kappa shape index (κ2) is 6.14. The Bertz CT molecular complexity index is 931. The molecular formula is C21H15ClO2. The van der Waals surface area contributed by atoms with E-state index >= 15 is 0 Å². The molecule has 3 aromatic rings. The molecule has 1 aliphatic carbocycles. The molecular weight excluding hydrogens is 320 g/mol.